The summed E-state index contributed by atoms with van der Waals surface area (Å²) in [4.78, 5) is 12.4. The fourth-order valence-corrected chi connectivity index (χ4v) is 4.21. The van der Waals surface area contributed by atoms with Crippen LogP contribution in [-0.4, -0.2) is 6.54 Å². The van der Waals surface area contributed by atoms with Crippen LogP contribution in [0.15, 0.2) is 57.7 Å². The lowest BCUT2D eigenvalue weighted by Gasteiger charge is -2.25. The molecule has 0 aromatic heterocycles. The highest BCUT2D eigenvalue weighted by Gasteiger charge is 2.24. The second kappa shape index (κ2) is 7.32. The standard InChI is InChI=1S/C27H29NO2/c1-7-28-22-14-24-19(12-16(22)2)26(18-10-8-9-11-21(18)27(4,5)6)20-13-17(3)23(29)15-25(20)30-24/h8-15,28H,7H2,1-6H3. The molecule has 1 N–H and O–H groups in total. The van der Waals surface area contributed by atoms with E-state index in [0.29, 0.717) is 5.76 Å². The number of hydrogen-bond acceptors (Lipinski definition) is 3. The summed E-state index contributed by atoms with van der Waals surface area (Å²) in [5.74, 6) is 0.628. The van der Waals surface area contributed by atoms with Gasteiger partial charge < -0.3 is 9.73 Å². The molecule has 2 aliphatic rings. The lowest BCUT2D eigenvalue weighted by molar-refractivity contribution is 0.591. The van der Waals surface area contributed by atoms with E-state index in [1.54, 1.807) is 6.07 Å². The molecular formula is C27H29NO2. The smallest absolute Gasteiger partial charge is 0.185 e. The second-order valence-corrected chi connectivity index (χ2v) is 9.08. The van der Waals surface area contributed by atoms with Gasteiger partial charge in [0.05, 0.1) is 0 Å². The number of rotatable bonds is 3. The molecule has 2 aromatic rings. The minimum absolute atomic E-state index is 0.000301. The zero-order valence-electron chi connectivity index (χ0n) is 18.6. The molecule has 3 heteroatoms. The largest absolute Gasteiger partial charge is 0.456 e. The summed E-state index contributed by atoms with van der Waals surface area (Å²) in [6.45, 7) is 13.6. The molecule has 0 bridgehead atoms. The average Bonchev–Trinajstić information content (AvgIpc) is 2.68. The molecule has 0 atom stereocenters. The molecule has 30 heavy (non-hydrogen) atoms. The average molecular weight is 400 g/mol. The van der Waals surface area contributed by atoms with Crippen LogP contribution in [0.5, 0.6) is 0 Å². The van der Waals surface area contributed by atoms with Crippen molar-refractivity contribution < 1.29 is 4.42 Å². The van der Waals surface area contributed by atoms with Crippen molar-refractivity contribution in [3.8, 4) is 22.5 Å². The maximum atomic E-state index is 12.4. The van der Waals surface area contributed by atoms with Crippen LogP contribution in [0, 0.1) is 13.8 Å². The highest BCUT2D eigenvalue weighted by molar-refractivity contribution is 6.04. The Balaban J connectivity index is 2.20. The van der Waals surface area contributed by atoms with Gasteiger partial charge in [0, 0.05) is 40.9 Å². The van der Waals surface area contributed by atoms with Gasteiger partial charge in [-0.3, -0.25) is 4.79 Å². The van der Waals surface area contributed by atoms with E-state index >= 15 is 0 Å². The summed E-state index contributed by atoms with van der Waals surface area (Å²) in [6.07, 6.45) is 0. The Labute approximate surface area is 178 Å². The van der Waals surface area contributed by atoms with Crippen LogP contribution in [-0.2, 0) is 5.41 Å². The van der Waals surface area contributed by atoms with Crippen LogP contribution < -0.4 is 10.7 Å². The van der Waals surface area contributed by atoms with Crippen LogP contribution in [0.1, 0.15) is 44.4 Å². The number of fused-ring (bicyclic) bond motifs is 2. The maximum absolute atomic E-state index is 12.4. The molecule has 0 radical (unpaired) electrons. The predicted molar refractivity (Wildman–Crippen MR) is 127 cm³/mol. The van der Waals surface area contributed by atoms with Crippen LogP contribution in [0.25, 0.3) is 33.4 Å². The summed E-state index contributed by atoms with van der Waals surface area (Å²) in [5.41, 5.74) is 8.29. The van der Waals surface area contributed by atoms with Gasteiger partial charge in [-0.1, -0.05) is 45.0 Å². The van der Waals surface area contributed by atoms with Gasteiger partial charge in [0.2, 0.25) is 0 Å². The summed E-state index contributed by atoms with van der Waals surface area (Å²) in [7, 11) is 0. The van der Waals surface area contributed by atoms with Gasteiger partial charge in [-0.15, -0.1) is 0 Å². The molecule has 3 nitrogen and oxygen atoms in total. The predicted octanol–water partition coefficient (Wildman–Crippen LogP) is 6.91. The third kappa shape index (κ3) is 3.39. The molecule has 2 aromatic carbocycles. The van der Waals surface area contributed by atoms with Gasteiger partial charge in [0.1, 0.15) is 11.3 Å². The Hall–Kier alpha value is -3.07. The molecule has 1 aliphatic heterocycles. The van der Waals surface area contributed by atoms with Gasteiger partial charge in [0.15, 0.2) is 5.43 Å². The van der Waals surface area contributed by atoms with Crippen LogP contribution in [0.4, 0.5) is 5.69 Å². The van der Waals surface area contributed by atoms with Crippen molar-refractivity contribution in [2.75, 3.05) is 11.9 Å². The third-order valence-corrected chi connectivity index (χ3v) is 5.73. The molecular weight excluding hydrogens is 370 g/mol. The summed E-state index contributed by atoms with van der Waals surface area (Å²) in [5, 5.41) is 4.48. The number of aryl methyl sites for hydroxylation is 2. The van der Waals surface area contributed by atoms with Gasteiger partial charge in [-0.25, -0.2) is 0 Å². The third-order valence-electron chi connectivity index (χ3n) is 5.73. The maximum Gasteiger partial charge on any atom is 0.185 e. The van der Waals surface area contributed by atoms with Crippen molar-refractivity contribution >= 4 is 16.7 Å². The lowest BCUT2D eigenvalue weighted by atomic mass is 9.79. The van der Waals surface area contributed by atoms with Crippen molar-refractivity contribution in [3.05, 3.63) is 75.4 Å². The first-order chi connectivity index (χ1) is 14.2. The molecule has 0 amide bonds. The molecule has 0 fully saturated rings. The second-order valence-electron chi connectivity index (χ2n) is 9.08. The normalized spacial score (nSPS) is 11.9. The van der Waals surface area contributed by atoms with E-state index in [2.05, 4.69) is 76.3 Å². The molecule has 0 spiro atoms. The Morgan fingerprint density at radius 1 is 0.933 bits per heavy atom. The first-order valence-corrected chi connectivity index (χ1v) is 10.6. The molecule has 0 saturated carbocycles. The highest BCUT2D eigenvalue weighted by Crippen LogP contribution is 2.44. The minimum Gasteiger partial charge on any atom is -0.456 e. The number of benzene rings is 3. The van der Waals surface area contributed by atoms with E-state index in [4.69, 9.17) is 4.42 Å². The fourth-order valence-electron chi connectivity index (χ4n) is 4.21. The van der Waals surface area contributed by atoms with E-state index in [1.165, 1.54) is 16.7 Å². The minimum atomic E-state index is -0.0193. The Morgan fingerprint density at radius 3 is 2.37 bits per heavy atom. The summed E-state index contributed by atoms with van der Waals surface area (Å²) in [6, 6.07) is 16.4. The Bertz CT molecular complexity index is 1270. The Kier molecular flexibility index (Phi) is 4.93. The van der Waals surface area contributed by atoms with E-state index in [9.17, 15) is 4.79 Å². The fraction of sp³-hybridized carbons (Fsp3) is 0.296. The summed E-state index contributed by atoms with van der Waals surface area (Å²) < 4.78 is 6.27. The van der Waals surface area contributed by atoms with Gasteiger partial charge in [0.25, 0.3) is 0 Å². The van der Waals surface area contributed by atoms with E-state index in [1.807, 2.05) is 13.0 Å². The van der Waals surface area contributed by atoms with Gasteiger partial charge >= 0.3 is 0 Å². The zero-order chi connectivity index (χ0) is 21.6. The van der Waals surface area contributed by atoms with Crippen LogP contribution >= 0.6 is 0 Å². The van der Waals surface area contributed by atoms with Crippen molar-refractivity contribution in [2.24, 2.45) is 0 Å². The van der Waals surface area contributed by atoms with Gasteiger partial charge in [-0.2, -0.15) is 0 Å². The van der Waals surface area contributed by atoms with Crippen molar-refractivity contribution in [3.63, 3.8) is 0 Å². The molecule has 0 unspecified atom stereocenters. The van der Waals surface area contributed by atoms with Crippen LogP contribution in [0.3, 0.4) is 0 Å². The SMILES string of the molecule is CCNc1cc2oc3cc(=O)c(C)cc-3c(-c3ccccc3C(C)(C)C)c2cc1C. The van der Waals surface area contributed by atoms with Crippen molar-refractivity contribution in [1.82, 2.24) is 0 Å². The quantitative estimate of drug-likeness (QED) is 0.381. The van der Waals surface area contributed by atoms with Crippen LogP contribution in [0.2, 0.25) is 0 Å². The van der Waals surface area contributed by atoms with Crippen molar-refractivity contribution in [1.29, 1.82) is 0 Å². The molecule has 4 rings (SSSR count). The molecule has 1 aliphatic carbocycles. The van der Waals surface area contributed by atoms with Crippen molar-refractivity contribution in [2.45, 2.75) is 47.0 Å². The zero-order valence-corrected chi connectivity index (χ0v) is 18.6. The monoisotopic (exact) mass is 399 g/mol. The summed E-state index contributed by atoms with van der Waals surface area (Å²) >= 11 is 0. The molecule has 154 valence electrons. The number of hydrogen-bond donors (Lipinski definition) is 1. The van der Waals surface area contributed by atoms with E-state index in [-0.39, 0.29) is 10.8 Å². The first-order valence-electron chi connectivity index (χ1n) is 10.6. The first kappa shape index (κ1) is 20.2. The Morgan fingerprint density at radius 2 is 1.67 bits per heavy atom. The molecule has 1 heterocycles. The number of anilines is 1. The van der Waals surface area contributed by atoms with Gasteiger partial charge in [-0.05, 0) is 60.6 Å². The highest BCUT2D eigenvalue weighted by atomic mass is 16.3. The topological polar surface area (TPSA) is 42.2 Å². The molecule has 0 saturated heterocycles. The van der Waals surface area contributed by atoms with E-state index in [0.717, 1.165) is 39.9 Å². The number of nitrogens with one attached hydrogen (secondary N) is 1. The lowest BCUT2D eigenvalue weighted by Crippen LogP contribution is -2.13. The van der Waals surface area contributed by atoms with E-state index < -0.39 is 0 Å².